The Morgan fingerprint density at radius 2 is 1.63 bits per heavy atom. The number of hydrogen-bond acceptors (Lipinski definition) is 5. The molecule has 0 bridgehead atoms. The molecule has 1 aliphatic heterocycles. The van der Waals surface area contributed by atoms with Crippen molar-refractivity contribution in [3.8, 4) is 11.1 Å². The molecule has 0 spiro atoms. The number of hydrogen-bond donors (Lipinski definition) is 1. The summed E-state index contributed by atoms with van der Waals surface area (Å²) in [5, 5.41) is 9.96. The van der Waals surface area contributed by atoms with Gasteiger partial charge >= 0.3 is 0 Å². The number of ether oxygens (including phenoxy) is 1. The summed E-state index contributed by atoms with van der Waals surface area (Å²) < 4.78 is 48.3. The highest BCUT2D eigenvalue weighted by molar-refractivity contribution is 7.89. The summed E-state index contributed by atoms with van der Waals surface area (Å²) in [6.45, 7) is 3.78. The van der Waals surface area contributed by atoms with Crippen LogP contribution < -0.4 is 0 Å². The normalized spacial score (nSPS) is 19.4. The molecule has 1 aliphatic rings. The monoisotopic (exact) mass is 540 g/mol. The first kappa shape index (κ1) is 27.9. The van der Waals surface area contributed by atoms with Crippen molar-refractivity contribution >= 4 is 15.9 Å². The number of amides is 1. The topological polar surface area (TPSA) is 87.2 Å². The Kier molecular flexibility index (Phi) is 8.62. The number of benzene rings is 3. The van der Waals surface area contributed by atoms with Gasteiger partial charge in [-0.3, -0.25) is 4.79 Å². The lowest BCUT2D eigenvalue weighted by atomic mass is 9.94. The molecule has 4 rings (SSSR count). The average Bonchev–Trinajstić information content (AvgIpc) is 2.94. The van der Waals surface area contributed by atoms with Crippen molar-refractivity contribution in [2.75, 3.05) is 26.7 Å². The fourth-order valence-corrected chi connectivity index (χ4v) is 5.97. The molecular formula is C29H33FN2O5S. The number of aliphatic hydroxyl groups is 1. The summed E-state index contributed by atoms with van der Waals surface area (Å²) in [6.07, 6.45) is -0.628. The van der Waals surface area contributed by atoms with Gasteiger partial charge in [-0.05, 0) is 41.8 Å². The van der Waals surface area contributed by atoms with Crippen molar-refractivity contribution in [1.29, 1.82) is 0 Å². The number of carbonyl (C=O) groups is 1. The number of fused-ring (bicyclic) bond motifs is 3. The van der Waals surface area contributed by atoms with E-state index in [1.807, 2.05) is 49.4 Å². The van der Waals surface area contributed by atoms with E-state index in [1.165, 1.54) is 25.2 Å². The second-order valence-corrected chi connectivity index (χ2v) is 11.7. The zero-order chi connectivity index (χ0) is 27.4. The third-order valence-corrected chi connectivity index (χ3v) is 8.91. The van der Waals surface area contributed by atoms with Gasteiger partial charge in [-0.1, -0.05) is 61.5 Å². The Morgan fingerprint density at radius 3 is 2.32 bits per heavy atom. The van der Waals surface area contributed by atoms with Crippen molar-refractivity contribution in [2.24, 2.45) is 5.92 Å². The summed E-state index contributed by atoms with van der Waals surface area (Å²) in [4.78, 5) is 15.1. The minimum Gasteiger partial charge on any atom is -0.394 e. The van der Waals surface area contributed by atoms with E-state index in [9.17, 15) is 22.7 Å². The Balaban J connectivity index is 1.74. The molecule has 3 aromatic rings. The second-order valence-electron chi connectivity index (χ2n) is 9.73. The molecule has 38 heavy (non-hydrogen) atoms. The molecule has 202 valence electrons. The quantitative estimate of drug-likeness (QED) is 0.507. The van der Waals surface area contributed by atoms with E-state index in [0.29, 0.717) is 5.56 Å². The van der Waals surface area contributed by atoms with E-state index in [0.717, 1.165) is 27.1 Å². The van der Waals surface area contributed by atoms with Crippen molar-refractivity contribution < 1.29 is 27.4 Å². The predicted molar refractivity (Wildman–Crippen MR) is 143 cm³/mol. The maximum atomic E-state index is 14.4. The molecule has 1 amide bonds. The minimum atomic E-state index is -4.13. The maximum Gasteiger partial charge on any atom is 0.254 e. The van der Waals surface area contributed by atoms with E-state index in [4.69, 9.17) is 4.74 Å². The van der Waals surface area contributed by atoms with Gasteiger partial charge in [0.25, 0.3) is 5.91 Å². The Hall–Kier alpha value is -3.11. The summed E-state index contributed by atoms with van der Waals surface area (Å²) >= 11 is 0. The van der Waals surface area contributed by atoms with Crippen LogP contribution in [0.2, 0.25) is 0 Å². The van der Waals surface area contributed by atoms with Crippen LogP contribution in [0.15, 0.2) is 77.7 Å². The highest BCUT2D eigenvalue weighted by Crippen LogP contribution is 2.31. The summed E-state index contributed by atoms with van der Waals surface area (Å²) in [6, 6.07) is 19.8. The standard InChI is InChI=1S/C29H33FN2O5S/c1-20-16-32(21(2)18-33)29(34)25-13-7-6-12-24(25)23-11-5-4-10-22(23)19-37-27(20)17-31(3)38(35,36)28-15-9-8-14-26(28)30/h4-15,20-21,27,33H,16-19H2,1-3H3/t20-,21+,27+/m1/s1. The molecule has 0 fully saturated rings. The number of sulfonamides is 1. The molecule has 0 saturated carbocycles. The van der Waals surface area contributed by atoms with E-state index < -0.39 is 32.9 Å². The lowest BCUT2D eigenvalue weighted by Crippen LogP contribution is -2.47. The molecule has 3 aromatic carbocycles. The third-order valence-electron chi connectivity index (χ3n) is 7.06. The van der Waals surface area contributed by atoms with Crippen molar-refractivity contribution in [1.82, 2.24) is 9.21 Å². The summed E-state index contributed by atoms with van der Waals surface area (Å²) in [5.74, 6) is -1.36. The molecule has 9 heteroatoms. The number of carbonyl (C=O) groups excluding carboxylic acids is 1. The van der Waals surface area contributed by atoms with Crippen molar-refractivity contribution in [3.05, 3.63) is 89.7 Å². The van der Waals surface area contributed by atoms with Gasteiger partial charge in [-0.25, -0.2) is 12.8 Å². The van der Waals surface area contributed by atoms with E-state index in [-0.39, 0.29) is 38.1 Å². The predicted octanol–water partition coefficient (Wildman–Crippen LogP) is 4.17. The van der Waals surface area contributed by atoms with Crippen LogP contribution in [0.25, 0.3) is 11.1 Å². The molecular weight excluding hydrogens is 507 g/mol. The van der Waals surface area contributed by atoms with Crippen LogP contribution in [0, 0.1) is 11.7 Å². The molecule has 1 heterocycles. The van der Waals surface area contributed by atoms with Gasteiger partial charge in [0.1, 0.15) is 10.7 Å². The van der Waals surface area contributed by atoms with Crippen LogP contribution >= 0.6 is 0 Å². The van der Waals surface area contributed by atoms with Gasteiger partial charge in [0.2, 0.25) is 10.0 Å². The Morgan fingerprint density at radius 1 is 1.03 bits per heavy atom. The SMILES string of the molecule is C[C@@H]1CN([C@@H](C)CO)C(=O)c2ccccc2-c2ccccc2CO[C@H]1CN(C)S(=O)(=O)c1ccccc1F. The fraction of sp³-hybridized carbons (Fsp3) is 0.345. The highest BCUT2D eigenvalue weighted by atomic mass is 32.2. The zero-order valence-electron chi connectivity index (χ0n) is 21.7. The third kappa shape index (κ3) is 5.66. The molecule has 0 aromatic heterocycles. The smallest absolute Gasteiger partial charge is 0.254 e. The largest absolute Gasteiger partial charge is 0.394 e. The van der Waals surface area contributed by atoms with Gasteiger partial charge in [-0.15, -0.1) is 0 Å². The lowest BCUT2D eigenvalue weighted by molar-refractivity contribution is -0.0146. The van der Waals surface area contributed by atoms with E-state index >= 15 is 0 Å². The fourth-order valence-electron chi connectivity index (χ4n) is 4.72. The van der Waals surface area contributed by atoms with Crippen LogP contribution in [0.5, 0.6) is 0 Å². The first-order valence-electron chi connectivity index (χ1n) is 12.6. The van der Waals surface area contributed by atoms with Crippen LogP contribution in [0.1, 0.15) is 29.8 Å². The van der Waals surface area contributed by atoms with Crippen molar-refractivity contribution in [2.45, 2.75) is 37.5 Å². The minimum absolute atomic E-state index is 0.0531. The average molecular weight is 541 g/mol. The van der Waals surface area contributed by atoms with Crippen LogP contribution in [0.3, 0.4) is 0 Å². The number of likely N-dealkylation sites (N-methyl/N-ethyl adjacent to an activating group) is 1. The summed E-state index contributed by atoms with van der Waals surface area (Å²) in [7, 11) is -2.73. The molecule has 0 saturated heterocycles. The van der Waals surface area contributed by atoms with Gasteiger partial charge in [-0.2, -0.15) is 4.31 Å². The van der Waals surface area contributed by atoms with Crippen LogP contribution in [0.4, 0.5) is 4.39 Å². The maximum absolute atomic E-state index is 14.4. The molecule has 3 atom stereocenters. The van der Waals surface area contributed by atoms with Gasteiger partial charge in [0.05, 0.1) is 25.4 Å². The van der Waals surface area contributed by atoms with Gasteiger partial charge in [0.15, 0.2) is 0 Å². The summed E-state index contributed by atoms with van der Waals surface area (Å²) in [5.41, 5.74) is 2.98. The van der Waals surface area contributed by atoms with Gasteiger partial charge < -0.3 is 14.7 Å². The van der Waals surface area contributed by atoms with Crippen molar-refractivity contribution in [3.63, 3.8) is 0 Å². The molecule has 7 nitrogen and oxygen atoms in total. The number of rotatable bonds is 6. The van der Waals surface area contributed by atoms with Crippen LogP contribution in [-0.4, -0.2) is 67.5 Å². The Labute approximate surface area is 223 Å². The zero-order valence-corrected chi connectivity index (χ0v) is 22.6. The Bertz CT molecular complexity index is 1400. The lowest BCUT2D eigenvalue weighted by Gasteiger charge is -2.35. The van der Waals surface area contributed by atoms with E-state index in [1.54, 1.807) is 17.9 Å². The molecule has 1 N–H and O–H groups in total. The first-order valence-corrected chi connectivity index (χ1v) is 14.0. The second kappa shape index (κ2) is 11.7. The number of aliphatic hydroxyl groups excluding tert-OH is 1. The van der Waals surface area contributed by atoms with Gasteiger partial charge in [0, 0.05) is 31.6 Å². The first-order chi connectivity index (χ1) is 18.1. The molecule has 0 unspecified atom stereocenters. The number of halogens is 1. The molecule has 0 radical (unpaired) electrons. The highest BCUT2D eigenvalue weighted by Gasteiger charge is 2.33. The molecule has 0 aliphatic carbocycles. The van der Waals surface area contributed by atoms with E-state index in [2.05, 4.69) is 0 Å². The van der Waals surface area contributed by atoms with Crippen LogP contribution in [-0.2, 0) is 21.4 Å². The number of nitrogens with zero attached hydrogens (tertiary/aromatic N) is 2.